The highest BCUT2D eigenvalue weighted by atomic mass is 35.5. The predicted octanol–water partition coefficient (Wildman–Crippen LogP) is 5.56. The van der Waals surface area contributed by atoms with E-state index in [2.05, 4.69) is 15.5 Å². The number of anilines is 2. The van der Waals surface area contributed by atoms with Crippen molar-refractivity contribution in [2.75, 3.05) is 18.5 Å². The summed E-state index contributed by atoms with van der Waals surface area (Å²) in [5.41, 5.74) is 3.66. The third-order valence-corrected chi connectivity index (χ3v) is 5.81. The van der Waals surface area contributed by atoms with Crippen molar-refractivity contribution in [1.82, 2.24) is 5.16 Å². The number of halogens is 1. The van der Waals surface area contributed by atoms with Gasteiger partial charge in [0.1, 0.15) is 19.3 Å². The molecule has 1 atom stereocenters. The van der Waals surface area contributed by atoms with Gasteiger partial charge in [-0.15, -0.1) is 0 Å². The maximum absolute atomic E-state index is 10.9. The summed E-state index contributed by atoms with van der Waals surface area (Å²) in [6.45, 7) is 2.56. The van der Waals surface area contributed by atoms with Crippen LogP contribution in [-0.2, 0) is 4.79 Å². The molecule has 9 heteroatoms. The second-order valence-electron chi connectivity index (χ2n) is 7.73. The van der Waals surface area contributed by atoms with E-state index in [-0.39, 0.29) is 0 Å². The van der Waals surface area contributed by atoms with Crippen LogP contribution in [0.2, 0.25) is 5.02 Å². The largest absolute Gasteiger partial charge is 0.486 e. The highest BCUT2D eigenvalue weighted by molar-refractivity contribution is 6.36. The van der Waals surface area contributed by atoms with Crippen molar-refractivity contribution in [3.63, 3.8) is 0 Å². The lowest BCUT2D eigenvalue weighted by Crippen LogP contribution is -2.15. The molecular formula is C25H20ClN3O5. The van der Waals surface area contributed by atoms with E-state index in [1.54, 1.807) is 6.07 Å². The Bertz CT molecular complexity index is 1420. The minimum Gasteiger partial charge on any atom is -0.486 e. The molecule has 172 valence electrons. The fourth-order valence-corrected chi connectivity index (χ4v) is 3.86. The average molecular weight is 478 g/mol. The second-order valence-corrected chi connectivity index (χ2v) is 8.11. The van der Waals surface area contributed by atoms with Crippen molar-refractivity contribution in [3.05, 3.63) is 65.2 Å². The van der Waals surface area contributed by atoms with Crippen molar-refractivity contribution in [3.8, 4) is 22.6 Å². The summed E-state index contributed by atoms with van der Waals surface area (Å²) in [6, 6.07) is 16.0. The number of aliphatic imine (C=N–C) groups is 1. The van der Waals surface area contributed by atoms with Crippen LogP contribution in [0.3, 0.4) is 0 Å². The number of fused-ring (bicyclic) bond motifs is 2. The summed E-state index contributed by atoms with van der Waals surface area (Å²) in [4.78, 5) is 15.0. The van der Waals surface area contributed by atoms with Crippen LogP contribution in [0.5, 0.6) is 11.5 Å². The number of benzene rings is 3. The van der Waals surface area contributed by atoms with E-state index in [4.69, 9.17) is 30.7 Å². The monoisotopic (exact) mass is 477 g/mol. The lowest BCUT2D eigenvalue weighted by atomic mass is 10.0. The van der Waals surface area contributed by atoms with E-state index in [1.807, 2.05) is 48.5 Å². The molecule has 34 heavy (non-hydrogen) atoms. The number of aromatic nitrogens is 1. The van der Waals surface area contributed by atoms with Gasteiger partial charge in [-0.25, -0.2) is 4.79 Å². The maximum atomic E-state index is 10.9. The topological polar surface area (TPSA) is 106 Å². The minimum atomic E-state index is -0.987. The number of nitrogens with zero attached hydrogens (tertiary/aromatic N) is 2. The Morgan fingerprint density at radius 1 is 1.15 bits per heavy atom. The number of carbonyl (C=O) groups is 1. The first-order valence-electron chi connectivity index (χ1n) is 10.6. The molecule has 1 aliphatic rings. The molecule has 3 aromatic carbocycles. The molecule has 0 saturated carbocycles. The number of nitrogens with one attached hydrogen (secondary N) is 1. The first kappa shape index (κ1) is 21.8. The fraction of sp³-hybridized carbons (Fsp3) is 0.160. The second kappa shape index (κ2) is 9.07. The Morgan fingerprint density at radius 3 is 2.79 bits per heavy atom. The van der Waals surface area contributed by atoms with Crippen molar-refractivity contribution in [1.29, 1.82) is 0 Å². The lowest BCUT2D eigenvalue weighted by Gasteiger charge is -2.19. The Labute approximate surface area is 199 Å². The van der Waals surface area contributed by atoms with Gasteiger partial charge in [0, 0.05) is 11.8 Å². The molecule has 0 bridgehead atoms. The van der Waals surface area contributed by atoms with Crippen LogP contribution in [0.15, 0.2) is 64.1 Å². The molecule has 1 aromatic heterocycles. The van der Waals surface area contributed by atoms with Gasteiger partial charge in [-0.05, 0) is 48.4 Å². The number of ether oxygens (including phenoxy) is 2. The van der Waals surface area contributed by atoms with Crippen molar-refractivity contribution in [2.45, 2.75) is 13.0 Å². The van der Waals surface area contributed by atoms with Crippen molar-refractivity contribution in [2.24, 2.45) is 4.99 Å². The molecule has 1 unspecified atom stereocenters. The number of hydrogen-bond acceptors (Lipinski definition) is 7. The van der Waals surface area contributed by atoms with Gasteiger partial charge < -0.3 is 24.4 Å². The Morgan fingerprint density at radius 2 is 1.97 bits per heavy atom. The standard InChI is InChI=1S/C25H20ClN3O5/c1-14(25(30)31)27-13-15-5-7-18-21(11-15)34-29-24(18)28-19-4-2-3-17(23(19)26)16-6-8-20-22(12-16)33-10-9-32-20/h2-8,11-14H,9-10H2,1H3,(H,28,29)(H,30,31). The quantitative estimate of drug-likeness (QED) is 0.350. The van der Waals surface area contributed by atoms with Gasteiger partial charge >= 0.3 is 5.97 Å². The Balaban J connectivity index is 1.41. The van der Waals surface area contributed by atoms with Gasteiger partial charge in [0.15, 0.2) is 22.9 Å². The normalized spacial score (nSPS) is 13.8. The molecule has 0 spiro atoms. The zero-order valence-electron chi connectivity index (χ0n) is 18.1. The highest BCUT2D eigenvalue weighted by Crippen LogP contribution is 2.40. The summed E-state index contributed by atoms with van der Waals surface area (Å²) in [6.07, 6.45) is 1.50. The fourth-order valence-electron chi connectivity index (χ4n) is 3.58. The molecule has 2 N–H and O–H groups in total. The van der Waals surface area contributed by atoms with Crippen LogP contribution in [0.25, 0.3) is 22.1 Å². The zero-order chi connectivity index (χ0) is 23.7. The number of hydrogen-bond donors (Lipinski definition) is 2. The van der Waals surface area contributed by atoms with Crippen LogP contribution in [-0.4, -0.2) is 41.7 Å². The molecule has 0 saturated heterocycles. The number of carboxylic acid groups (broad SMARTS) is 1. The van der Waals surface area contributed by atoms with Crippen LogP contribution in [0, 0.1) is 0 Å². The molecule has 5 rings (SSSR count). The lowest BCUT2D eigenvalue weighted by molar-refractivity contribution is -0.137. The number of aliphatic carboxylic acids is 1. The van der Waals surface area contributed by atoms with E-state index in [9.17, 15) is 4.79 Å². The maximum Gasteiger partial charge on any atom is 0.328 e. The zero-order valence-corrected chi connectivity index (χ0v) is 18.9. The highest BCUT2D eigenvalue weighted by Gasteiger charge is 2.16. The van der Waals surface area contributed by atoms with Gasteiger partial charge in [-0.2, -0.15) is 0 Å². The molecule has 2 heterocycles. The molecular weight excluding hydrogens is 458 g/mol. The summed E-state index contributed by atoms with van der Waals surface area (Å²) in [5, 5.41) is 17.6. The van der Waals surface area contributed by atoms with Crippen molar-refractivity contribution < 1.29 is 23.9 Å². The summed E-state index contributed by atoms with van der Waals surface area (Å²) >= 11 is 6.76. The number of carboxylic acids is 1. The molecule has 0 aliphatic carbocycles. The summed E-state index contributed by atoms with van der Waals surface area (Å²) < 4.78 is 16.8. The average Bonchev–Trinajstić information content (AvgIpc) is 3.25. The minimum absolute atomic E-state index is 0.511. The molecule has 0 fully saturated rings. The first-order valence-corrected chi connectivity index (χ1v) is 11.0. The molecule has 8 nitrogen and oxygen atoms in total. The van der Waals surface area contributed by atoms with E-state index < -0.39 is 12.0 Å². The van der Waals surface area contributed by atoms with Gasteiger partial charge in [-0.3, -0.25) is 4.99 Å². The predicted molar refractivity (Wildman–Crippen MR) is 130 cm³/mol. The smallest absolute Gasteiger partial charge is 0.328 e. The first-order chi connectivity index (χ1) is 16.5. The van der Waals surface area contributed by atoms with E-state index in [1.165, 1.54) is 13.1 Å². The summed E-state index contributed by atoms with van der Waals surface area (Å²) in [5.74, 6) is 0.937. The third-order valence-electron chi connectivity index (χ3n) is 5.41. The number of rotatable bonds is 6. The molecule has 0 radical (unpaired) electrons. The molecule has 4 aromatic rings. The van der Waals surface area contributed by atoms with E-state index >= 15 is 0 Å². The van der Waals surface area contributed by atoms with Crippen LogP contribution in [0.4, 0.5) is 11.5 Å². The Hall–Kier alpha value is -4.04. The Kier molecular flexibility index (Phi) is 5.81. The summed E-state index contributed by atoms with van der Waals surface area (Å²) in [7, 11) is 0. The van der Waals surface area contributed by atoms with Crippen molar-refractivity contribution >= 4 is 46.3 Å². The van der Waals surface area contributed by atoms with Gasteiger partial charge in [0.25, 0.3) is 0 Å². The van der Waals surface area contributed by atoms with Gasteiger partial charge in [-0.1, -0.05) is 41.0 Å². The van der Waals surface area contributed by atoms with Crippen LogP contribution >= 0.6 is 11.6 Å². The third kappa shape index (κ3) is 4.27. The van der Waals surface area contributed by atoms with Gasteiger partial charge in [0.05, 0.1) is 16.1 Å². The van der Waals surface area contributed by atoms with E-state index in [0.717, 1.165) is 22.3 Å². The van der Waals surface area contributed by atoms with Crippen LogP contribution < -0.4 is 14.8 Å². The van der Waals surface area contributed by atoms with Gasteiger partial charge in [0.2, 0.25) is 0 Å². The van der Waals surface area contributed by atoms with Crippen LogP contribution in [0.1, 0.15) is 12.5 Å². The molecule has 0 amide bonds. The SMILES string of the molecule is CC(N=Cc1ccc2c(Nc3cccc(-c4ccc5c(c4)OCCO5)c3Cl)noc2c1)C(=O)O. The molecule has 1 aliphatic heterocycles. The van der Waals surface area contributed by atoms with E-state index in [0.29, 0.717) is 46.6 Å².